The molecule has 0 aliphatic carbocycles. The van der Waals surface area contributed by atoms with Crippen LogP contribution in [-0.2, 0) is 18.1 Å². The van der Waals surface area contributed by atoms with E-state index >= 15 is 0 Å². The molecule has 6 N–H and O–H groups in total. The Bertz CT molecular complexity index is 84.8. The van der Waals surface area contributed by atoms with E-state index in [9.17, 15) is 4.57 Å². The third-order valence-corrected chi connectivity index (χ3v) is 2.01. The molecule has 0 unspecified atom stereocenters. The second-order valence-corrected chi connectivity index (χ2v) is 2.98. The Morgan fingerprint density at radius 1 is 0.818 bits per heavy atom. The Morgan fingerprint density at radius 3 is 1.00 bits per heavy atom. The zero-order valence-corrected chi connectivity index (χ0v) is 7.47. The van der Waals surface area contributed by atoms with Gasteiger partial charge in [0.2, 0.25) is 0 Å². The predicted molar refractivity (Wildman–Crippen MR) is 39.5 cm³/mol. The molecule has 0 fully saturated rings. The summed E-state index contributed by atoms with van der Waals surface area (Å²) in [6.07, 6.45) is 0. The maximum Gasteiger partial charge on any atom is 0.473 e. The molecular weight excluding hydrogens is 179 g/mol. The minimum absolute atomic E-state index is 0. The first-order valence-electron chi connectivity index (χ1n) is 1.96. The van der Waals surface area contributed by atoms with Crippen molar-refractivity contribution in [3.8, 4) is 0 Å². The molecule has 0 aliphatic heterocycles. The van der Waals surface area contributed by atoms with Gasteiger partial charge in [-0.3, -0.25) is 13.6 Å². The van der Waals surface area contributed by atoms with Crippen LogP contribution in [0.2, 0.25) is 0 Å². The van der Waals surface area contributed by atoms with Gasteiger partial charge in [-0.1, -0.05) is 0 Å². The molecule has 0 aromatic heterocycles. The fourth-order valence-electron chi connectivity index (χ4n) is 0.224. The molecule has 0 amide bonds. The summed E-state index contributed by atoms with van der Waals surface area (Å²) in [5.74, 6) is 0. The monoisotopic (exact) mass is 194 g/mol. The van der Waals surface area contributed by atoms with E-state index in [-0.39, 0.29) is 16.4 Å². The fraction of sp³-hybridized carbons (Fsp3) is 1.00. The predicted octanol–water partition coefficient (Wildman–Crippen LogP) is -1.44. The van der Waals surface area contributed by atoms with Crippen molar-refractivity contribution in [3.63, 3.8) is 0 Å². The molecule has 0 atom stereocenters. The highest BCUT2D eigenvalue weighted by molar-refractivity contribution is 7.48. The van der Waals surface area contributed by atoms with E-state index < -0.39 is 7.82 Å². The van der Waals surface area contributed by atoms with Gasteiger partial charge < -0.3 is 16.4 Å². The van der Waals surface area contributed by atoms with E-state index in [1.54, 1.807) is 0 Å². The van der Waals surface area contributed by atoms with Crippen LogP contribution >= 0.6 is 7.82 Å². The van der Waals surface area contributed by atoms with E-state index in [0.717, 1.165) is 0 Å². The highest BCUT2D eigenvalue weighted by Crippen LogP contribution is 2.46. The lowest BCUT2D eigenvalue weighted by atomic mass is 11.8. The summed E-state index contributed by atoms with van der Waals surface area (Å²) < 4.78 is 23.7. The van der Waals surface area contributed by atoms with Crippen molar-refractivity contribution in [2.24, 2.45) is 0 Å². The van der Waals surface area contributed by atoms with Crippen molar-refractivity contribution in [2.45, 2.75) is 0 Å². The van der Waals surface area contributed by atoms with Crippen molar-refractivity contribution in [1.29, 1.82) is 0 Å². The van der Waals surface area contributed by atoms with Gasteiger partial charge in [-0.25, -0.2) is 4.57 Å². The summed E-state index contributed by atoms with van der Waals surface area (Å²) in [6.45, 7) is 0. The second-order valence-electron chi connectivity index (χ2n) is 0.995. The largest absolute Gasteiger partial charge is 0.473 e. The van der Waals surface area contributed by atoms with Crippen molar-refractivity contribution in [3.05, 3.63) is 0 Å². The Hall–Kier alpha value is -0.0100. The number of rotatable bonds is 3. The summed E-state index contributed by atoms with van der Waals surface area (Å²) in [7, 11) is 0.611. The molecule has 0 aromatic rings. The van der Waals surface area contributed by atoms with Crippen molar-refractivity contribution < 1.29 is 34.6 Å². The van der Waals surface area contributed by atoms with Crippen LogP contribution in [0.15, 0.2) is 0 Å². The van der Waals surface area contributed by atoms with Gasteiger partial charge in [-0.15, -0.1) is 0 Å². The van der Waals surface area contributed by atoms with E-state index in [4.69, 9.17) is 0 Å². The van der Waals surface area contributed by atoms with E-state index in [2.05, 4.69) is 13.6 Å². The maximum atomic E-state index is 10.7. The quantitative estimate of drug-likeness (QED) is 0.507. The Balaban J connectivity index is -0.0000000817. The highest BCUT2D eigenvalue weighted by atomic mass is 31.2. The van der Waals surface area contributed by atoms with Gasteiger partial charge in [0.05, 0.1) is 0 Å². The first-order valence-corrected chi connectivity index (χ1v) is 3.42. The number of phosphoric acid groups is 1. The lowest BCUT2D eigenvalue weighted by Gasteiger charge is -2.08. The van der Waals surface area contributed by atoms with Gasteiger partial charge in [0.1, 0.15) is 0 Å². The van der Waals surface area contributed by atoms with Crippen LogP contribution in [0.4, 0.5) is 0 Å². The molecule has 7 nitrogen and oxygen atoms in total. The molecule has 8 heteroatoms. The molecule has 0 aliphatic rings. The summed E-state index contributed by atoms with van der Waals surface area (Å²) in [4.78, 5) is 0. The van der Waals surface area contributed by atoms with Crippen LogP contribution in [0, 0.1) is 0 Å². The molecule has 0 bridgehead atoms. The Morgan fingerprint density at radius 2 is 1.00 bits per heavy atom. The minimum atomic E-state index is -3.16. The lowest BCUT2D eigenvalue weighted by Crippen LogP contribution is -1.88. The third kappa shape index (κ3) is 7.89. The molecule has 74 valence electrons. The van der Waals surface area contributed by atoms with Crippen molar-refractivity contribution in [2.75, 3.05) is 21.3 Å². The van der Waals surface area contributed by atoms with Crippen LogP contribution in [0.5, 0.6) is 0 Å². The first-order chi connectivity index (χ1) is 3.68. The zero-order valence-electron chi connectivity index (χ0n) is 6.58. The zero-order chi connectivity index (χ0) is 6.62. The first kappa shape index (κ1) is 22.4. The lowest BCUT2D eigenvalue weighted by molar-refractivity contribution is 0.178. The molecule has 0 saturated carbocycles. The van der Waals surface area contributed by atoms with Crippen molar-refractivity contribution >= 4 is 7.82 Å². The summed E-state index contributed by atoms with van der Waals surface area (Å²) in [6, 6.07) is 0. The maximum absolute atomic E-state index is 10.7. The van der Waals surface area contributed by atoms with Crippen LogP contribution in [0.25, 0.3) is 0 Å². The van der Waals surface area contributed by atoms with Crippen LogP contribution in [0.1, 0.15) is 0 Å². The highest BCUT2D eigenvalue weighted by Gasteiger charge is 2.18. The molecule has 0 rings (SSSR count). The van der Waals surface area contributed by atoms with Gasteiger partial charge in [0.25, 0.3) is 0 Å². The second kappa shape index (κ2) is 9.99. The standard InChI is InChI=1S/C3H9O4P.3H2O/c1-5-8(4,6-2)7-3;;;/h1-3H3;3*1H2. The van der Waals surface area contributed by atoms with Crippen LogP contribution in [-0.4, -0.2) is 37.8 Å². The molecule has 0 aromatic carbocycles. The molecule has 0 radical (unpaired) electrons. The summed E-state index contributed by atoms with van der Waals surface area (Å²) >= 11 is 0. The molecular formula is C3H15O7P. The topological polar surface area (TPSA) is 139 Å². The van der Waals surface area contributed by atoms with Gasteiger partial charge in [0.15, 0.2) is 0 Å². The molecule has 0 heterocycles. The van der Waals surface area contributed by atoms with E-state index in [0.29, 0.717) is 0 Å². The van der Waals surface area contributed by atoms with Crippen LogP contribution < -0.4 is 0 Å². The number of hydrogen-bond acceptors (Lipinski definition) is 4. The minimum Gasteiger partial charge on any atom is -0.412 e. The average Bonchev–Trinajstić information content (AvgIpc) is 1.87. The fourth-order valence-corrected chi connectivity index (χ4v) is 0.671. The number of hydrogen-bond donors (Lipinski definition) is 0. The summed E-state index contributed by atoms with van der Waals surface area (Å²) in [5.41, 5.74) is 0. The van der Waals surface area contributed by atoms with Gasteiger partial charge in [-0.2, -0.15) is 0 Å². The van der Waals surface area contributed by atoms with Gasteiger partial charge in [0, 0.05) is 21.3 Å². The van der Waals surface area contributed by atoms with E-state index in [1.165, 1.54) is 21.3 Å². The molecule has 11 heavy (non-hydrogen) atoms. The number of phosphoric ester groups is 1. The molecule has 0 spiro atoms. The normalized spacial score (nSPS) is 8.64. The third-order valence-electron chi connectivity index (χ3n) is 0.671. The van der Waals surface area contributed by atoms with E-state index in [1.807, 2.05) is 0 Å². The van der Waals surface area contributed by atoms with Gasteiger partial charge in [-0.05, 0) is 0 Å². The molecule has 0 saturated heterocycles. The van der Waals surface area contributed by atoms with Gasteiger partial charge >= 0.3 is 7.82 Å². The summed E-state index contributed by atoms with van der Waals surface area (Å²) in [5, 5.41) is 0. The Labute approximate surface area is 64.8 Å². The SMILES string of the molecule is COP(=O)(OC)OC.O.O.O. The Kier molecular flexibility index (Phi) is 20.4. The van der Waals surface area contributed by atoms with Crippen molar-refractivity contribution in [1.82, 2.24) is 0 Å². The smallest absolute Gasteiger partial charge is 0.412 e. The van der Waals surface area contributed by atoms with Crippen LogP contribution in [0.3, 0.4) is 0 Å². The average molecular weight is 194 g/mol.